The number of halogens is 1. The summed E-state index contributed by atoms with van der Waals surface area (Å²) in [5.41, 5.74) is 2.94. The number of hydrogen-bond acceptors (Lipinski definition) is 6. The van der Waals surface area contributed by atoms with Crippen LogP contribution in [0.1, 0.15) is 44.0 Å². The van der Waals surface area contributed by atoms with E-state index in [1.54, 1.807) is 6.20 Å². The van der Waals surface area contributed by atoms with Crippen LogP contribution in [0.5, 0.6) is 0 Å². The largest absolute Gasteiger partial charge is 0.444 e. The number of benzene rings is 1. The molecule has 2 amide bonds. The van der Waals surface area contributed by atoms with Gasteiger partial charge in [0.2, 0.25) is 0 Å². The van der Waals surface area contributed by atoms with Crippen LogP contribution in [-0.2, 0) is 9.47 Å². The van der Waals surface area contributed by atoms with E-state index in [2.05, 4.69) is 15.2 Å². The molecule has 8 nitrogen and oxygen atoms in total. The Morgan fingerprint density at radius 1 is 1.14 bits per heavy atom. The standard InChI is InChI=1S/C26H33ClN4O4/c1-26(2,3)35-25(33)29-20-5-4-10-31(17-20)22-15-23(27)28-16-21(22)18-6-8-19(9-7-18)24(32)30-11-13-34-14-12-30/h6-9,15-16,20H,4-5,10-14,17H2,1-3H3,(H,29,33)/t20-/m0/s1. The van der Waals surface area contributed by atoms with Crippen molar-refractivity contribution in [1.82, 2.24) is 15.2 Å². The van der Waals surface area contributed by atoms with E-state index in [1.165, 1.54) is 0 Å². The van der Waals surface area contributed by atoms with Crippen molar-refractivity contribution >= 4 is 29.3 Å². The Balaban J connectivity index is 1.51. The van der Waals surface area contributed by atoms with E-state index in [-0.39, 0.29) is 11.9 Å². The highest BCUT2D eigenvalue weighted by Crippen LogP contribution is 2.34. The van der Waals surface area contributed by atoms with Gasteiger partial charge in [-0.2, -0.15) is 0 Å². The number of carbonyl (C=O) groups is 2. The van der Waals surface area contributed by atoms with Crippen molar-refractivity contribution in [2.45, 2.75) is 45.3 Å². The van der Waals surface area contributed by atoms with Crippen LogP contribution in [0.25, 0.3) is 11.1 Å². The molecule has 2 aliphatic rings. The number of rotatable bonds is 4. The lowest BCUT2D eigenvalue weighted by atomic mass is 10.00. The molecule has 4 rings (SSSR count). The predicted octanol–water partition coefficient (Wildman–Crippen LogP) is 4.37. The van der Waals surface area contributed by atoms with Crippen LogP contribution in [0.4, 0.5) is 10.5 Å². The van der Waals surface area contributed by atoms with Gasteiger partial charge in [-0.05, 0) is 57.4 Å². The number of ether oxygens (including phenoxy) is 2. The number of nitrogens with one attached hydrogen (secondary N) is 1. The number of carbonyl (C=O) groups excluding carboxylic acids is 2. The van der Waals surface area contributed by atoms with Crippen molar-refractivity contribution < 1.29 is 19.1 Å². The highest BCUT2D eigenvalue weighted by molar-refractivity contribution is 6.29. The Bertz CT molecular complexity index is 1050. The number of pyridine rings is 1. The summed E-state index contributed by atoms with van der Waals surface area (Å²) >= 11 is 6.28. The molecular formula is C26H33ClN4O4. The van der Waals surface area contributed by atoms with Crippen LogP contribution in [0, 0.1) is 0 Å². The molecule has 2 aromatic rings. The number of alkyl carbamates (subject to hydrolysis) is 1. The molecule has 2 fully saturated rings. The zero-order valence-electron chi connectivity index (χ0n) is 20.6. The number of amides is 2. The van der Waals surface area contributed by atoms with E-state index in [9.17, 15) is 9.59 Å². The molecule has 9 heteroatoms. The zero-order chi connectivity index (χ0) is 25.0. The van der Waals surface area contributed by atoms with Crippen molar-refractivity contribution in [2.24, 2.45) is 0 Å². The third-order valence-electron chi connectivity index (χ3n) is 6.07. The lowest BCUT2D eigenvalue weighted by molar-refractivity contribution is 0.0303. The first-order valence-corrected chi connectivity index (χ1v) is 12.4. The Morgan fingerprint density at radius 2 is 1.86 bits per heavy atom. The minimum atomic E-state index is -0.542. The molecule has 0 aliphatic carbocycles. The summed E-state index contributed by atoms with van der Waals surface area (Å²) in [5, 5.41) is 3.41. The fourth-order valence-electron chi connectivity index (χ4n) is 4.43. The Kier molecular flexibility index (Phi) is 7.82. The van der Waals surface area contributed by atoms with Gasteiger partial charge in [0.1, 0.15) is 10.8 Å². The van der Waals surface area contributed by atoms with Crippen molar-refractivity contribution in [3.05, 3.63) is 47.2 Å². The molecule has 0 saturated carbocycles. The van der Waals surface area contributed by atoms with Gasteiger partial charge in [0.05, 0.1) is 13.2 Å². The van der Waals surface area contributed by atoms with E-state index in [0.29, 0.717) is 43.6 Å². The van der Waals surface area contributed by atoms with Crippen molar-refractivity contribution in [2.75, 3.05) is 44.3 Å². The lowest BCUT2D eigenvalue weighted by Gasteiger charge is -2.36. The molecular weight excluding hydrogens is 468 g/mol. The molecule has 188 valence electrons. The van der Waals surface area contributed by atoms with Gasteiger partial charge in [-0.1, -0.05) is 23.7 Å². The summed E-state index contributed by atoms with van der Waals surface area (Å²) in [5.74, 6) is 0.0152. The molecule has 0 spiro atoms. The van der Waals surface area contributed by atoms with E-state index in [0.717, 1.165) is 36.2 Å². The van der Waals surface area contributed by atoms with Gasteiger partial charge < -0.3 is 24.6 Å². The van der Waals surface area contributed by atoms with Crippen LogP contribution in [0.2, 0.25) is 5.15 Å². The van der Waals surface area contributed by atoms with Crippen LogP contribution >= 0.6 is 11.6 Å². The van der Waals surface area contributed by atoms with Crippen LogP contribution < -0.4 is 10.2 Å². The normalized spacial score (nSPS) is 18.8. The van der Waals surface area contributed by atoms with E-state index >= 15 is 0 Å². The number of nitrogens with zero attached hydrogens (tertiary/aromatic N) is 3. The van der Waals surface area contributed by atoms with Gasteiger partial charge in [-0.3, -0.25) is 4.79 Å². The molecule has 0 bridgehead atoms. The summed E-state index contributed by atoms with van der Waals surface area (Å²) in [6.45, 7) is 9.40. The van der Waals surface area contributed by atoms with Gasteiger partial charge in [0.25, 0.3) is 5.91 Å². The predicted molar refractivity (Wildman–Crippen MR) is 136 cm³/mol. The molecule has 1 aromatic carbocycles. The molecule has 0 unspecified atom stereocenters. The topological polar surface area (TPSA) is 84.0 Å². The minimum absolute atomic E-state index is 0.0152. The van der Waals surface area contributed by atoms with E-state index in [1.807, 2.05) is 56.0 Å². The number of aromatic nitrogens is 1. The first-order valence-electron chi connectivity index (χ1n) is 12.1. The van der Waals surface area contributed by atoms with Gasteiger partial charge in [0, 0.05) is 55.2 Å². The van der Waals surface area contributed by atoms with Gasteiger partial charge in [0.15, 0.2) is 0 Å². The fraction of sp³-hybridized carbons (Fsp3) is 0.500. The number of morpholine rings is 1. The Labute approximate surface area is 211 Å². The van der Waals surface area contributed by atoms with Gasteiger partial charge in [-0.25, -0.2) is 9.78 Å². The summed E-state index contributed by atoms with van der Waals surface area (Å²) < 4.78 is 10.8. The molecule has 1 atom stereocenters. The molecule has 35 heavy (non-hydrogen) atoms. The number of hydrogen-bond donors (Lipinski definition) is 1. The number of anilines is 1. The number of piperidine rings is 1. The first kappa shape index (κ1) is 25.3. The molecule has 0 radical (unpaired) electrons. The van der Waals surface area contributed by atoms with Crippen molar-refractivity contribution in [1.29, 1.82) is 0 Å². The third-order valence-corrected chi connectivity index (χ3v) is 6.28. The maximum atomic E-state index is 12.8. The smallest absolute Gasteiger partial charge is 0.407 e. The average Bonchev–Trinajstić information content (AvgIpc) is 2.83. The first-order chi connectivity index (χ1) is 16.7. The second kappa shape index (κ2) is 10.8. The Morgan fingerprint density at radius 3 is 2.54 bits per heavy atom. The highest BCUT2D eigenvalue weighted by Gasteiger charge is 2.26. The molecule has 2 aliphatic heterocycles. The van der Waals surface area contributed by atoms with E-state index in [4.69, 9.17) is 21.1 Å². The lowest BCUT2D eigenvalue weighted by Crippen LogP contribution is -2.49. The van der Waals surface area contributed by atoms with Crippen LogP contribution in [0.15, 0.2) is 36.5 Å². The van der Waals surface area contributed by atoms with Crippen molar-refractivity contribution in [3.63, 3.8) is 0 Å². The fourth-order valence-corrected chi connectivity index (χ4v) is 4.59. The Hall–Kier alpha value is -2.84. The monoisotopic (exact) mass is 500 g/mol. The highest BCUT2D eigenvalue weighted by atomic mass is 35.5. The second-order valence-corrected chi connectivity index (χ2v) is 10.3. The summed E-state index contributed by atoms with van der Waals surface area (Å²) in [6, 6.07) is 9.43. The van der Waals surface area contributed by atoms with Crippen molar-refractivity contribution in [3.8, 4) is 11.1 Å². The van der Waals surface area contributed by atoms with Gasteiger partial charge in [-0.15, -0.1) is 0 Å². The van der Waals surface area contributed by atoms with Crippen LogP contribution in [-0.4, -0.2) is 72.9 Å². The summed E-state index contributed by atoms with van der Waals surface area (Å²) in [4.78, 5) is 33.4. The molecule has 2 saturated heterocycles. The zero-order valence-corrected chi connectivity index (χ0v) is 21.3. The third kappa shape index (κ3) is 6.64. The van der Waals surface area contributed by atoms with Gasteiger partial charge >= 0.3 is 6.09 Å². The SMILES string of the molecule is CC(C)(C)OC(=O)N[C@H]1CCCN(c2cc(Cl)ncc2-c2ccc(C(=O)N3CCOCC3)cc2)C1. The molecule has 3 heterocycles. The summed E-state index contributed by atoms with van der Waals surface area (Å²) in [7, 11) is 0. The summed E-state index contributed by atoms with van der Waals surface area (Å²) in [6.07, 6.45) is 3.16. The molecule has 1 aromatic heterocycles. The minimum Gasteiger partial charge on any atom is -0.444 e. The quantitative estimate of drug-likeness (QED) is 0.628. The maximum Gasteiger partial charge on any atom is 0.407 e. The second-order valence-electron chi connectivity index (χ2n) is 9.94. The van der Waals surface area contributed by atoms with E-state index < -0.39 is 11.7 Å². The molecule has 1 N–H and O–H groups in total. The maximum absolute atomic E-state index is 12.8. The van der Waals surface area contributed by atoms with Crippen LogP contribution in [0.3, 0.4) is 0 Å². The average molecular weight is 501 g/mol.